The summed E-state index contributed by atoms with van der Waals surface area (Å²) >= 11 is 0. The Morgan fingerprint density at radius 2 is 2.30 bits per heavy atom. The molecular formula is C8H17NO. The Kier molecular flexibility index (Phi) is 3.16. The van der Waals surface area contributed by atoms with Crippen LogP contribution in [0.1, 0.15) is 26.2 Å². The zero-order valence-corrected chi connectivity index (χ0v) is 6.68. The maximum Gasteiger partial charge on any atom is 0.0494 e. The van der Waals surface area contributed by atoms with E-state index in [1.165, 1.54) is 12.8 Å². The average molecular weight is 143 g/mol. The molecule has 1 fully saturated rings. The SMILES string of the molecule is CC(N)CCOCC1CC1. The van der Waals surface area contributed by atoms with Gasteiger partial charge in [-0.3, -0.25) is 0 Å². The fraction of sp³-hybridized carbons (Fsp3) is 1.00. The Morgan fingerprint density at radius 1 is 1.60 bits per heavy atom. The van der Waals surface area contributed by atoms with Gasteiger partial charge in [0.2, 0.25) is 0 Å². The summed E-state index contributed by atoms with van der Waals surface area (Å²) in [7, 11) is 0. The van der Waals surface area contributed by atoms with Gasteiger partial charge in [-0.2, -0.15) is 0 Å². The molecule has 2 heteroatoms. The van der Waals surface area contributed by atoms with Crippen molar-refractivity contribution in [2.24, 2.45) is 11.7 Å². The van der Waals surface area contributed by atoms with Crippen molar-refractivity contribution in [3.05, 3.63) is 0 Å². The van der Waals surface area contributed by atoms with Gasteiger partial charge in [-0.1, -0.05) is 0 Å². The van der Waals surface area contributed by atoms with E-state index >= 15 is 0 Å². The summed E-state index contributed by atoms with van der Waals surface area (Å²) in [4.78, 5) is 0. The van der Waals surface area contributed by atoms with Crippen LogP contribution in [0.5, 0.6) is 0 Å². The van der Waals surface area contributed by atoms with Crippen LogP contribution in [-0.2, 0) is 4.74 Å². The Hall–Kier alpha value is -0.0800. The standard InChI is InChI=1S/C8H17NO/c1-7(9)4-5-10-6-8-2-3-8/h7-8H,2-6,9H2,1H3. The van der Waals surface area contributed by atoms with E-state index in [1.807, 2.05) is 6.92 Å². The highest BCUT2D eigenvalue weighted by molar-refractivity contribution is 4.71. The first-order chi connectivity index (χ1) is 4.79. The minimum Gasteiger partial charge on any atom is -0.381 e. The molecule has 10 heavy (non-hydrogen) atoms. The zero-order valence-electron chi connectivity index (χ0n) is 6.68. The summed E-state index contributed by atoms with van der Waals surface area (Å²) in [6.07, 6.45) is 3.74. The Labute approximate surface area is 62.7 Å². The van der Waals surface area contributed by atoms with Crippen molar-refractivity contribution in [1.82, 2.24) is 0 Å². The van der Waals surface area contributed by atoms with E-state index in [0.717, 1.165) is 25.6 Å². The third kappa shape index (κ3) is 3.85. The molecule has 1 aliphatic rings. The third-order valence-electron chi connectivity index (χ3n) is 1.77. The van der Waals surface area contributed by atoms with Crippen molar-refractivity contribution >= 4 is 0 Å². The number of nitrogens with two attached hydrogens (primary N) is 1. The largest absolute Gasteiger partial charge is 0.381 e. The Balaban J connectivity index is 1.76. The molecule has 0 aromatic heterocycles. The molecule has 1 aliphatic carbocycles. The van der Waals surface area contributed by atoms with Gasteiger partial charge in [0, 0.05) is 19.3 Å². The molecule has 0 saturated heterocycles. The lowest BCUT2D eigenvalue weighted by Crippen LogP contribution is -2.17. The summed E-state index contributed by atoms with van der Waals surface area (Å²) in [5, 5.41) is 0. The second kappa shape index (κ2) is 3.94. The molecule has 0 radical (unpaired) electrons. The molecule has 0 aromatic rings. The quantitative estimate of drug-likeness (QED) is 0.586. The molecule has 1 rings (SSSR count). The van der Waals surface area contributed by atoms with E-state index in [0.29, 0.717) is 6.04 Å². The molecule has 0 spiro atoms. The van der Waals surface area contributed by atoms with Gasteiger partial charge < -0.3 is 10.5 Å². The van der Waals surface area contributed by atoms with Gasteiger partial charge in [-0.15, -0.1) is 0 Å². The van der Waals surface area contributed by atoms with Crippen molar-refractivity contribution < 1.29 is 4.74 Å². The van der Waals surface area contributed by atoms with Crippen LogP contribution in [0.25, 0.3) is 0 Å². The van der Waals surface area contributed by atoms with Crippen molar-refractivity contribution in [2.45, 2.75) is 32.2 Å². The van der Waals surface area contributed by atoms with Gasteiger partial charge in [0.1, 0.15) is 0 Å². The molecule has 60 valence electrons. The minimum absolute atomic E-state index is 0.291. The minimum atomic E-state index is 0.291. The number of ether oxygens (including phenoxy) is 1. The summed E-state index contributed by atoms with van der Waals surface area (Å²) in [5.41, 5.74) is 5.54. The number of hydrogen-bond acceptors (Lipinski definition) is 2. The average Bonchev–Trinajstić information content (AvgIpc) is 2.62. The number of hydrogen-bond donors (Lipinski definition) is 1. The lowest BCUT2D eigenvalue weighted by Gasteiger charge is -2.04. The first-order valence-electron chi connectivity index (χ1n) is 4.12. The second-order valence-electron chi connectivity index (χ2n) is 3.28. The lowest BCUT2D eigenvalue weighted by molar-refractivity contribution is 0.119. The van der Waals surface area contributed by atoms with Crippen LogP contribution >= 0.6 is 0 Å². The molecule has 0 aromatic carbocycles. The van der Waals surface area contributed by atoms with Crippen molar-refractivity contribution in [3.63, 3.8) is 0 Å². The highest BCUT2D eigenvalue weighted by Gasteiger charge is 2.20. The van der Waals surface area contributed by atoms with Gasteiger partial charge in [0.05, 0.1) is 0 Å². The molecule has 2 nitrogen and oxygen atoms in total. The van der Waals surface area contributed by atoms with Crippen LogP contribution in [0.4, 0.5) is 0 Å². The first kappa shape index (κ1) is 8.02. The Bertz CT molecular complexity index is 85.3. The van der Waals surface area contributed by atoms with E-state index in [1.54, 1.807) is 0 Å². The van der Waals surface area contributed by atoms with Gasteiger partial charge in [0.15, 0.2) is 0 Å². The predicted molar refractivity (Wildman–Crippen MR) is 41.8 cm³/mol. The van der Waals surface area contributed by atoms with Gasteiger partial charge in [0.25, 0.3) is 0 Å². The van der Waals surface area contributed by atoms with E-state index in [2.05, 4.69) is 0 Å². The first-order valence-corrected chi connectivity index (χ1v) is 4.12. The smallest absolute Gasteiger partial charge is 0.0494 e. The second-order valence-corrected chi connectivity index (χ2v) is 3.28. The number of rotatable bonds is 5. The van der Waals surface area contributed by atoms with Gasteiger partial charge in [-0.25, -0.2) is 0 Å². The normalized spacial score (nSPS) is 21.0. The summed E-state index contributed by atoms with van der Waals surface area (Å²) < 4.78 is 5.39. The van der Waals surface area contributed by atoms with E-state index < -0.39 is 0 Å². The summed E-state index contributed by atoms with van der Waals surface area (Å²) in [6, 6.07) is 0.291. The third-order valence-corrected chi connectivity index (χ3v) is 1.77. The summed E-state index contributed by atoms with van der Waals surface area (Å²) in [5.74, 6) is 0.882. The highest BCUT2D eigenvalue weighted by Crippen LogP contribution is 2.28. The molecule has 0 amide bonds. The van der Waals surface area contributed by atoms with Crippen LogP contribution in [-0.4, -0.2) is 19.3 Å². The molecule has 1 unspecified atom stereocenters. The topological polar surface area (TPSA) is 35.2 Å². The molecule has 0 bridgehead atoms. The fourth-order valence-electron chi connectivity index (χ4n) is 0.804. The maximum atomic E-state index is 5.54. The fourth-order valence-corrected chi connectivity index (χ4v) is 0.804. The summed E-state index contributed by atoms with van der Waals surface area (Å²) in [6.45, 7) is 3.82. The van der Waals surface area contributed by atoms with Gasteiger partial charge >= 0.3 is 0 Å². The Morgan fingerprint density at radius 3 is 2.80 bits per heavy atom. The maximum absolute atomic E-state index is 5.54. The highest BCUT2D eigenvalue weighted by atomic mass is 16.5. The van der Waals surface area contributed by atoms with Crippen LogP contribution < -0.4 is 5.73 Å². The molecule has 0 aliphatic heterocycles. The molecule has 1 atom stereocenters. The van der Waals surface area contributed by atoms with Crippen molar-refractivity contribution in [1.29, 1.82) is 0 Å². The lowest BCUT2D eigenvalue weighted by atomic mass is 10.3. The van der Waals surface area contributed by atoms with Gasteiger partial charge in [-0.05, 0) is 32.1 Å². The monoisotopic (exact) mass is 143 g/mol. The van der Waals surface area contributed by atoms with E-state index in [4.69, 9.17) is 10.5 Å². The van der Waals surface area contributed by atoms with Crippen LogP contribution in [0.15, 0.2) is 0 Å². The zero-order chi connectivity index (χ0) is 7.40. The molecule has 2 N–H and O–H groups in total. The molecule has 0 heterocycles. The molecule has 1 saturated carbocycles. The predicted octanol–water partition coefficient (Wildman–Crippen LogP) is 1.15. The van der Waals surface area contributed by atoms with Crippen LogP contribution in [0.3, 0.4) is 0 Å². The van der Waals surface area contributed by atoms with Crippen LogP contribution in [0.2, 0.25) is 0 Å². The van der Waals surface area contributed by atoms with Crippen molar-refractivity contribution in [2.75, 3.05) is 13.2 Å². The van der Waals surface area contributed by atoms with Crippen molar-refractivity contribution in [3.8, 4) is 0 Å². The molecular weight excluding hydrogens is 126 g/mol. The van der Waals surface area contributed by atoms with E-state index in [9.17, 15) is 0 Å². The van der Waals surface area contributed by atoms with E-state index in [-0.39, 0.29) is 0 Å². The van der Waals surface area contributed by atoms with Crippen LogP contribution in [0, 0.1) is 5.92 Å².